The molecule has 6 aromatic rings. The molecule has 1 atom stereocenters. The van der Waals surface area contributed by atoms with Crippen LogP contribution in [0.4, 0.5) is 0 Å². The predicted octanol–water partition coefficient (Wildman–Crippen LogP) is 10.8. The largest absolute Gasteiger partial charge is 0.298 e. The second-order valence-corrected chi connectivity index (χ2v) is 26.8. The van der Waals surface area contributed by atoms with Crippen molar-refractivity contribution in [2.24, 2.45) is 5.73 Å². The van der Waals surface area contributed by atoms with Crippen LogP contribution in [0.25, 0.3) is 21.8 Å². The van der Waals surface area contributed by atoms with E-state index in [1.165, 1.54) is 55.3 Å². The first-order valence-electron chi connectivity index (χ1n) is 16.7. The molecule has 0 spiro atoms. The number of aromatic nitrogens is 2. The molecule has 4 aromatic carbocycles. The zero-order valence-corrected chi connectivity index (χ0v) is 44.4. The van der Waals surface area contributed by atoms with Gasteiger partial charge in [-0.15, -0.1) is 36.4 Å². The van der Waals surface area contributed by atoms with Crippen molar-refractivity contribution in [2.45, 2.75) is 60.4 Å². The molecule has 0 bridgehead atoms. The summed E-state index contributed by atoms with van der Waals surface area (Å²) >= 11 is 9.54. The van der Waals surface area contributed by atoms with E-state index in [2.05, 4.69) is 177 Å². The van der Waals surface area contributed by atoms with Gasteiger partial charge in [0.1, 0.15) is 6.29 Å². The van der Waals surface area contributed by atoms with Gasteiger partial charge < -0.3 is 21.0 Å². The Hall–Kier alpha value is 0.220. The van der Waals surface area contributed by atoms with Gasteiger partial charge in [0, 0.05) is 83.0 Å². The number of aryl methyl sites for hydroxylation is 2. The van der Waals surface area contributed by atoms with E-state index in [1.807, 2.05) is 45.9 Å². The van der Waals surface area contributed by atoms with Crippen LogP contribution in [0.15, 0.2) is 103 Å². The van der Waals surface area contributed by atoms with Crippen LogP contribution in [-0.2, 0) is 12.8 Å². The molecule has 0 aliphatic carbocycles. The maximum Gasteiger partial charge on any atom is 0.150 e. The van der Waals surface area contributed by atoms with Crippen LogP contribution in [0.3, 0.4) is 0 Å². The molecule has 5 N–H and O–H groups in total. The van der Waals surface area contributed by atoms with Crippen LogP contribution in [0.2, 0.25) is 0 Å². The van der Waals surface area contributed by atoms with E-state index in [9.17, 15) is 4.79 Å². The van der Waals surface area contributed by atoms with Gasteiger partial charge >= 0.3 is 50.5 Å². The SMILES string of the molecule is CC.CC.Cc1ccc2[nH]c3c(c2c1)CCNC3c1ccccc1.Cc1ccc2[nH]cc(CCN)c2c1.Cl.I.II.I[I-]I.O=Cc1ccccc1. The quantitative estimate of drug-likeness (QED) is 0.105. The average Bonchev–Trinajstić information content (AvgIpc) is 3.76. The molecule has 3 heterocycles. The number of carbonyl (C=O) groups is 1. The second-order valence-electron chi connectivity index (χ2n) is 10.6. The second kappa shape index (κ2) is 33.4. The number of hydrogen-bond acceptors (Lipinski definition) is 3. The molecule has 7 rings (SSSR count). The number of rotatable bonds is 4. The van der Waals surface area contributed by atoms with Crippen molar-refractivity contribution in [1.82, 2.24) is 15.3 Å². The number of halogens is 7. The Kier molecular flexibility index (Phi) is 34.9. The molecule has 52 heavy (non-hydrogen) atoms. The molecule has 0 saturated carbocycles. The van der Waals surface area contributed by atoms with Crippen molar-refractivity contribution in [3.63, 3.8) is 0 Å². The number of hydrogen-bond donors (Lipinski definition) is 4. The minimum absolute atomic E-state index is 0. The summed E-state index contributed by atoms with van der Waals surface area (Å²) in [5.41, 5.74) is 16.8. The third-order valence-electron chi connectivity index (χ3n) is 7.51. The van der Waals surface area contributed by atoms with E-state index in [4.69, 9.17) is 5.73 Å². The summed E-state index contributed by atoms with van der Waals surface area (Å²) in [6, 6.07) is 33.2. The fraction of sp³-hybridized carbons (Fsp3) is 0.275. The maximum atomic E-state index is 10.0. The molecule has 12 heteroatoms. The van der Waals surface area contributed by atoms with Gasteiger partial charge in [0.15, 0.2) is 0 Å². The van der Waals surface area contributed by atoms with E-state index in [0.717, 1.165) is 31.2 Å². The Bertz CT molecular complexity index is 1770. The number of aldehydes is 1. The van der Waals surface area contributed by atoms with Gasteiger partial charge in [0.05, 0.1) is 6.04 Å². The van der Waals surface area contributed by atoms with Gasteiger partial charge in [-0.2, -0.15) is 0 Å². The standard InChI is InChI=1S/C18H18N2.C11H14N2.C7H6O.2C2H6.ClH.I3.I2.HI/c1-12-7-8-16-15(11-12)14-9-10-19-17(18(14)20-16)13-5-3-2-4-6-13;1-8-2-3-11-10(6-8)9(4-5-12)7-13-11;8-6-7-4-2-1-3-5-7;2*1-2;;1-3-2;1-2;/h2-8,11,17,19-20H,9-10H2,1H3;2-3,6-7,13H,4-5,12H2,1H3;1-6H;2*1-2H3;1H;;;1H/q;;;;;;-1;;. The van der Waals surface area contributed by atoms with Crippen LogP contribution in [0, 0.1) is 13.8 Å². The van der Waals surface area contributed by atoms with Gasteiger partial charge in [-0.3, -0.25) is 4.79 Å². The third-order valence-corrected chi connectivity index (χ3v) is 7.51. The molecule has 1 unspecified atom stereocenters. The molecular formula is C40H52ClI6N4O-. The van der Waals surface area contributed by atoms with Crippen LogP contribution < -0.4 is 24.3 Å². The average molecular weight is 1400 g/mol. The van der Waals surface area contributed by atoms with Crippen molar-refractivity contribution in [2.75, 3.05) is 13.1 Å². The van der Waals surface area contributed by atoms with E-state index >= 15 is 0 Å². The third kappa shape index (κ3) is 18.0. The van der Waals surface area contributed by atoms with Crippen molar-refractivity contribution < 1.29 is 18.0 Å². The van der Waals surface area contributed by atoms with Crippen LogP contribution in [0.5, 0.6) is 0 Å². The molecular weight excluding hydrogens is 1350 g/mol. The Morgan fingerprint density at radius 2 is 1.33 bits per heavy atom. The fourth-order valence-electron chi connectivity index (χ4n) is 5.46. The summed E-state index contributed by atoms with van der Waals surface area (Å²) in [4.78, 5) is 16.9. The molecule has 0 amide bonds. The van der Waals surface area contributed by atoms with Crippen molar-refractivity contribution in [1.29, 1.82) is 0 Å². The first-order chi connectivity index (χ1) is 24.5. The molecule has 0 fully saturated rings. The number of nitrogens with two attached hydrogens (primary N) is 1. The topological polar surface area (TPSA) is 86.7 Å². The summed E-state index contributed by atoms with van der Waals surface area (Å²) in [7, 11) is 0. The minimum atomic E-state index is 0. The van der Waals surface area contributed by atoms with Crippen molar-refractivity contribution >= 4 is 139 Å². The predicted molar refractivity (Wildman–Crippen MR) is 272 cm³/mol. The van der Waals surface area contributed by atoms with Crippen LogP contribution in [0.1, 0.15) is 77.6 Å². The van der Waals surface area contributed by atoms with Crippen molar-refractivity contribution in [3.8, 4) is 0 Å². The van der Waals surface area contributed by atoms with E-state index in [1.54, 1.807) is 12.1 Å². The minimum Gasteiger partial charge on any atom is -0.298 e. The molecule has 0 radical (unpaired) electrons. The summed E-state index contributed by atoms with van der Waals surface area (Å²) in [6.45, 7) is 14.0. The summed E-state index contributed by atoms with van der Waals surface area (Å²) < 4.78 is 0. The van der Waals surface area contributed by atoms with Gasteiger partial charge in [-0.05, 0) is 74.2 Å². The molecule has 288 valence electrons. The fourth-order valence-corrected chi connectivity index (χ4v) is 5.46. The van der Waals surface area contributed by atoms with Gasteiger partial charge in [-0.25, -0.2) is 0 Å². The summed E-state index contributed by atoms with van der Waals surface area (Å²) in [5.74, 6) is 0. The summed E-state index contributed by atoms with van der Waals surface area (Å²) in [6.07, 6.45) is 4.93. The zero-order valence-electron chi connectivity index (χ0n) is 30.5. The van der Waals surface area contributed by atoms with Crippen LogP contribution >= 0.6 is 111 Å². The first kappa shape index (κ1) is 54.3. The number of fused-ring (bicyclic) bond motifs is 4. The number of nitrogens with one attached hydrogen (secondary N) is 3. The molecule has 5 nitrogen and oxygen atoms in total. The number of H-pyrrole nitrogens is 2. The van der Waals surface area contributed by atoms with E-state index < -0.39 is 0 Å². The van der Waals surface area contributed by atoms with Gasteiger partial charge in [0.25, 0.3) is 0 Å². The Balaban J connectivity index is 0. The molecule has 2 aromatic heterocycles. The first-order valence-corrected chi connectivity index (χ1v) is 35.5. The zero-order chi connectivity index (χ0) is 37.3. The van der Waals surface area contributed by atoms with Gasteiger partial charge in [-0.1, -0.05) is 112 Å². The normalized spacial score (nSPS) is 11.8. The molecule has 1 aliphatic rings. The maximum absolute atomic E-state index is 10.0. The van der Waals surface area contributed by atoms with Gasteiger partial charge in [0.2, 0.25) is 0 Å². The van der Waals surface area contributed by atoms with E-state index in [0.29, 0.717) is 19.8 Å². The number of benzene rings is 4. The van der Waals surface area contributed by atoms with E-state index in [-0.39, 0.29) is 42.4 Å². The number of aromatic amines is 2. The molecule has 0 saturated heterocycles. The Morgan fingerprint density at radius 3 is 1.85 bits per heavy atom. The van der Waals surface area contributed by atoms with Crippen molar-refractivity contribution in [3.05, 3.63) is 142 Å². The smallest absolute Gasteiger partial charge is 0.150 e. The molecule has 1 aliphatic heterocycles. The Morgan fingerprint density at radius 1 is 0.808 bits per heavy atom. The summed E-state index contributed by atoms with van der Waals surface area (Å²) in [5, 5.41) is 6.34. The Labute approximate surface area is 388 Å². The number of carbonyl (C=O) groups excluding carboxylic acids is 1. The van der Waals surface area contributed by atoms with Crippen LogP contribution in [-0.4, -0.2) is 29.3 Å². The monoisotopic (exact) mass is 1400 g/mol.